The van der Waals surface area contributed by atoms with E-state index in [1.165, 1.54) is 31.4 Å². The van der Waals surface area contributed by atoms with Crippen LogP contribution in [-0.2, 0) is 6.18 Å². The van der Waals surface area contributed by atoms with Crippen LogP contribution in [0.2, 0.25) is 0 Å². The highest BCUT2D eigenvalue weighted by atomic mass is 19.4. The molecule has 2 nitrogen and oxygen atoms in total. The van der Waals surface area contributed by atoms with E-state index in [1.54, 1.807) is 12.1 Å². The van der Waals surface area contributed by atoms with Gasteiger partial charge >= 0.3 is 6.18 Å². The molecule has 0 aromatic heterocycles. The molecule has 0 spiro atoms. The molecular weight excluding hydrogens is 387 g/mol. The fraction of sp³-hybridized carbons (Fsp3) is 0.0800. The molecule has 3 aromatic carbocycles. The number of methoxy groups -OCH3 is 1. The van der Waals surface area contributed by atoms with E-state index >= 15 is 0 Å². The van der Waals surface area contributed by atoms with Gasteiger partial charge in [0.25, 0.3) is 0 Å². The van der Waals surface area contributed by atoms with Crippen LogP contribution in [0.15, 0.2) is 67.2 Å². The minimum absolute atomic E-state index is 0.0565. The first kappa shape index (κ1) is 20.9. The summed E-state index contributed by atoms with van der Waals surface area (Å²) in [5.41, 5.74) is 1.90. The molecule has 0 amide bonds. The van der Waals surface area contributed by atoms with Crippen LogP contribution in [0.5, 0.6) is 5.75 Å². The molecule has 0 fully saturated rings. The summed E-state index contributed by atoms with van der Waals surface area (Å²) in [7, 11) is 1.39. The Labute approximate surface area is 173 Å². The molecule has 0 unspecified atom stereocenters. The van der Waals surface area contributed by atoms with Gasteiger partial charge in [0.2, 0.25) is 0 Å². The number of nitrogens with zero attached hydrogens (tertiary/aromatic N) is 1. The van der Waals surface area contributed by atoms with E-state index in [9.17, 15) is 18.4 Å². The minimum atomic E-state index is -4.55. The van der Waals surface area contributed by atoms with E-state index in [2.05, 4.69) is 12.6 Å². The van der Waals surface area contributed by atoms with Crippen LogP contribution in [0.3, 0.4) is 0 Å². The van der Waals surface area contributed by atoms with Crippen molar-refractivity contribution >= 4 is 18.2 Å². The Morgan fingerprint density at radius 3 is 2.23 bits per heavy atom. The molecule has 3 rings (SSSR count). The van der Waals surface area contributed by atoms with E-state index in [0.29, 0.717) is 11.1 Å². The van der Waals surface area contributed by atoms with Crippen LogP contribution in [0, 0.1) is 11.3 Å². The number of ether oxygens (including phenoxy) is 1. The Balaban J connectivity index is 2.13. The summed E-state index contributed by atoms with van der Waals surface area (Å²) < 4.78 is 46.0. The van der Waals surface area contributed by atoms with Crippen molar-refractivity contribution in [2.24, 2.45) is 0 Å². The van der Waals surface area contributed by atoms with Gasteiger partial charge in [0.05, 0.1) is 18.2 Å². The molecular formula is C25H18F3NO. The second kappa shape index (κ2) is 8.71. The fourth-order valence-corrected chi connectivity index (χ4v) is 3.20. The van der Waals surface area contributed by atoms with Crippen molar-refractivity contribution in [2.75, 3.05) is 7.11 Å². The number of nitriles is 1. The second-order valence-corrected chi connectivity index (χ2v) is 6.46. The predicted molar refractivity (Wildman–Crippen MR) is 114 cm³/mol. The molecule has 0 aliphatic carbocycles. The topological polar surface area (TPSA) is 33.0 Å². The smallest absolute Gasteiger partial charge is 0.417 e. The molecule has 0 N–H and O–H groups in total. The van der Waals surface area contributed by atoms with Crippen molar-refractivity contribution in [3.05, 3.63) is 95.1 Å². The SMILES string of the molecule is C=Cc1cc(C(F)(F)F)c(/C=C/c2cccc(-c3ccccc3)c2C#N)cc1OC. The molecule has 0 radical (unpaired) electrons. The largest absolute Gasteiger partial charge is 0.496 e. The standard InChI is InChI=1S/C25H18F3NO/c1-3-17-14-23(25(26,27)28)20(15-24(17)30-2)13-12-19-10-7-11-21(22(19)16-29)18-8-5-4-6-9-18/h3-15H,1H2,2H3/b13-12+. The molecule has 150 valence electrons. The number of hydrogen-bond acceptors (Lipinski definition) is 2. The highest BCUT2D eigenvalue weighted by Gasteiger charge is 2.33. The van der Waals surface area contributed by atoms with Gasteiger partial charge in [0.15, 0.2) is 0 Å². The van der Waals surface area contributed by atoms with Gasteiger partial charge in [-0.3, -0.25) is 0 Å². The summed E-state index contributed by atoms with van der Waals surface area (Å²) in [5, 5.41) is 9.70. The maximum Gasteiger partial charge on any atom is 0.417 e. The third kappa shape index (κ3) is 4.28. The zero-order chi connectivity index (χ0) is 21.7. The Bertz CT molecular complexity index is 1140. The molecule has 3 aromatic rings. The number of alkyl halides is 3. The van der Waals surface area contributed by atoms with Crippen LogP contribution in [0.1, 0.15) is 27.8 Å². The summed E-state index contributed by atoms with van der Waals surface area (Å²) in [4.78, 5) is 0. The van der Waals surface area contributed by atoms with E-state index in [1.807, 2.05) is 36.4 Å². The van der Waals surface area contributed by atoms with Crippen molar-refractivity contribution < 1.29 is 17.9 Å². The molecule has 0 aliphatic rings. The molecule has 0 aliphatic heterocycles. The van der Waals surface area contributed by atoms with Crippen molar-refractivity contribution in [3.63, 3.8) is 0 Å². The van der Waals surface area contributed by atoms with Crippen molar-refractivity contribution in [3.8, 4) is 22.9 Å². The van der Waals surface area contributed by atoms with Crippen LogP contribution >= 0.6 is 0 Å². The normalized spacial score (nSPS) is 11.3. The lowest BCUT2D eigenvalue weighted by molar-refractivity contribution is -0.137. The molecule has 30 heavy (non-hydrogen) atoms. The zero-order valence-electron chi connectivity index (χ0n) is 16.2. The lowest BCUT2D eigenvalue weighted by Gasteiger charge is -2.14. The summed E-state index contributed by atoms with van der Waals surface area (Å²) in [5.74, 6) is 0.288. The lowest BCUT2D eigenvalue weighted by Crippen LogP contribution is -2.08. The van der Waals surface area contributed by atoms with E-state index in [-0.39, 0.29) is 16.9 Å². The van der Waals surface area contributed by atoms with Gasteiger partial charge in [-0.15, -0.1) is 0 Å². The molecule has 0 saturated heterocycles. The summed E-state index contributed by atoms with van der Waals surface area (Å²) in [6.07, 6.45) is -0.363. The van der Waals surface area contributed by atoms with Crippen LogP contribution in [0.4, 0.5) is 13.2 Å². The van der Waals surface area contributed by atoms with Gasteiger partial charge < -0.3 is 4.74 Å². The first-order chi connectivity index (χ1) is 14.4. The quantitative estimate of drug-likeness (QED) is 0.426. The molecule has 0 bridgehead atoms. The van der Waals surface area contributed by atoms with Crippen molar-refractivity contribution in [2.45, 2.75) is 6.18 Å². The maximum absolute atomic E-state index is 13.6. The molecule has 0 atom stereocenters. The van der Waals surface area contributed by atoms with Gasteiger partial charge in [-0.2, -0.15) is 18.4 Å². The first-order valence-electron chi connectivity index (χ1n) is 9.07. The minimum Gasteiger partial charge on any atom is -0.496 e. The average Bonchev–Trinajstić information content (AvgIpc) is 2.76. The summed E-state index contributed by atoms with van der Waals surface area (Å²) in [6.45, 7) is 3.55. The van der Waals surface area contributed by atoms with E-state index < -0.39 is 11.7 Å². The zero-order valence-corrected chi connectivity index (χ0v) is 16.2. The Kier molecular flexibility index (Phi) is 6.08. The Morgan fingerprint density at radius 2 is 1.63 bits per heavy atom. The van der Waals surface area contributed by atoms with Gasteiger partial charge in [-0.1, -0.05) is 73.3 Å². The monoisotopic (exact) mass is 405 g/mol. The van der Waals surface area contributed by atoms with Crippen molar-refractivity contribution in [1.29, 1.82) is 5.26 Å². The predicted octanol–water partition coefficient (Wildman–Crippen LogP) is 7.07. The molecule has 0 saturated carbocycles. The third-order valence-corrected chi connectivity index (χ3v) is 4.66. The van der Waals surface area contributed by atoms with Gasteiger partial charge in [0.1, 0.15) is 11.8 Å². The van der Waals surface area contributed by atoms with Crippen LogP contribution in [-0.4, -0.2) is 7.11 Å². The molecule has 0 heterocycles. The number of benzene rings is 3. The van der Waals surface area contributed by atoms with E-state index in [0.717, 1.165) is 17.2 Å². The van der Waals surface area contributed by atoms with Gasteiger partial charge in [-0.05, 0) is 28.8 Å². The van der Waals surface area contributed by atoms with Crippen molar-refractivity contribution in [1.82, 2.24) is 0 Å². The lowest BCUT2D eigenvalue weighted by atomic mass is 9.95. The van der Waals surface area contributed by atoms with Gasteiger partial charge in [0, 0.05) is 11.1 Å². The number of rotatable bonds is 5. The first-order valence-corrected chi connectivity index (χ1v) is 9.07. The summed E-state index contributed by atoms with van der Waals surface area (Å²) >= 11 is 0. The third-order valence-electron chi connectivity index (χ3n) is 4.66. The maximum atomic E-state index is 13.6. The Hall–Kier alpha value is -3.78. The Morgan fingerprint density at radius 1 is 0.933 bits per heavy atom. The molecule has 5 heteroatoms. The number of hydrogen-bond donors (Lipinski definition) is 0. The van der Waals surface area contributed by atoms with Crippen LogP contribution in [0.25, 0.3) is 29.4 Å². The fourth-order valence-electron chi connectivity index (χ4n) is 3.20. The average molecular weight is 405 g/mol. The van der Waals surface area contributed by atoms with Gasteiger partial charge in [-0.25, -0.2) is 0 Å². The highest BCUT2D eigenvalue weighted by molar-refractivity contribution is 5.81. The van der Waals surface area contributed by atoms with E-state index in [4.69, 9.17) is 4.74 Å². The highest BCUT2D eigenvalue weighted by Crippen LogP contribution is 2.37. The second-order valence-electron chi connectivity index (χ2n) is 6.46. The summed E-state index contributed by atoms with van der Waals surface area (Å²) in [6, 6.07) is 19.2. The number of halogens is 3. The van der Waals surface area contributed by atoms with Crippen LogP contribution < -0.4 is 4.74 Å².